The second-order valence-electron chi connectivity index (χ2n) is 13.4. The number of aliphatic hydroxyl groups is 2. The van der Waals surface area contributed by atoms with Crippen LogP contribution in [-0.4, -0.2) is 21.9 Å². The molecule has 0 radical (unpaired) electrons. The quantitative estimate of drug-likeness (QED) is 0.393. The normalized spacial score (nSPS) is 40.9. The van der Waals surface area contributed by atoms with E-state index in [1.807, 2.05) is 0 Å². The van der Waals surface area contributed by atoms with E-state index in [9.17, 15) is 10.2 Å². The fraction of sp³-hybridized carbons (Fsp3) is 0.867. The van der Waals surface area contributed by atoms with Crippen molar-refractivity contribution < 1.29 is 10.2 Å². The SMILES string of the molecule is CC(C)=CCC/C(C)=C/CC[C@@](C)(O)[C@@H]1CC[C@H]2[C@@]1(C)CC[C@H]1C(C)(C)[C@@H](O)CC[C@]21C. The summed E-state index contributed by atoms with van der Waals surface area (Å²) in [5.41, 5.74) is 2.75. The summed E-state index contributed by atoms with van der Waals surface area (Å²) in [7, 11) is 0. The van der Waals surface area contributed by atoms with Gasteiger partial charge in [0.2, 0.25) is 0 Å². The summed E-state index contributed by atoms with van der Waals surface area (Å²) in [5, 5.41) is 22.5. The van der Waals surface area contributed by atoms with Gasteiger partial charge < -0.3 is 10.2 Å². The summed E-state index contributed by atoms with van der Waals surface area (Å²) in [5.74, 6) is 1.64. The van der Waals surface area contributed by atoms with Crippen molar-refractivity contribution in [2.24, 2.45) is 34.0 Å². The molecule has 0 spiro atoms. The fourth-order valence-electron chi connectivity index (χ4n) is 8.81. The van der Waals surface area contributed by atoms with Crippen LogP contribution >= 0.6 is 0 Å². The Morgan fingerprint density at radius 2 is 1.53 bits per heavy atom. The first-order chi connectivity index (χ1) is 14.7. The van der Waals surface area contributed by atoms with Gasteiger partial charge in [0.1, 0.15) is 0 Å². The van der Waals surface area contributed by atoms with Gasteiger partial charge in [-0.2, -0.15) is 0 Å². The van der Waals surface area contributed by atoms with Crippen LogP contribution in [0.2, 0.25) is 0 Å². The van der Waals surface area contributed by atoms with Gasteiger partial charge in [0.15, 0.2) is 0 Å². The van der Waals surface area contributed by atoms with E-state index in [0.29, 0.717) is 23.2 Å². The Morgan fingerprint density at radius 1 is 0.875 bits per heavy atom. The van der Waals surface area contributed by atoms with Gasteiger partial charge in [0, 0.05) is 0 Å². The highest BCUT2D eigenvalue weighted by atomic mass is 16.3. The molecule has 7 atom stereocenters. The number of aliphatic hydroxyl groups excluding tert-OH is 1. The minimum absolute atomic E-state index is 0.00274. The number of hydrogen-bond donors (Lipinski definition) is 2. The maximum atomic E-state index is 11.7. The van der Waals surface area contributed by atoms with Gasteiger partial charge in [0.25, 0.3) is 0 Å². The Kier molecular flexibility index (Phi) is 7.49. The third-order valence-electron chi connectivity index (χ3n) is 10.6. The van der Waals surface area contributed by atoms with Gasteiger partial charge in [0.05, 0.1) is 11.7 Å². The average Bonchev–Trinajstić information content (AvgIpc) is 3.04. The molecule has 0 amide bonds. The van der Waals surface area contributed by atoms with Crippen molar-refractivity contribution in [2.45, 2.75) is 131 Å². The minimum Gasteiger partial charge on any atom is -0.393 e. The monoisotopic (exact) mass is 444 g/mol. The molecule has 0 heterocycles. The Hall–Kier alpha value is -0.600. The largest absolute Gasteiger partial charge is 0.393 e. The Morgan fingerprint density at radius 3 is 2.19 bits per heavy atom. The molecule has 3 aliphatic carbocycles. The molecule has 3 rings (SSSR count). The lowest BCUT2D eigenvalue weighted by atomic mass is 9.42. The van der Waals surface area contributed by atoms with E-state index in [0.717, 1.165) is 44.9 Å². The van der Waals surface area contributed by atoms with Gasteiger partial charge in [-0.15, -0.1) is 0 Å². The molecule has 3 aliphatic rings. The summed E-state index contributed by atoms with van der Waals surface area (Å²) < 4.78 is 0. The third kappa shape index (κ3) is 4.65. The van der Waals surface area contributed by atoms with E-state index >= 15 is 0 Å². The lowest BCUT2D eigenvalue weighted by molar-refractivity contribution is -0.180. The van der Waals surface area contributed by atoms with E-state index < -0.39 is 5.60 Å². The van der Waals surface area contributed by atoms with Gasteiger partial charge in [-0.1, -0.05) is 51.0 Å². The van der Waals surface area contributed by atoms with Crippen molar-refractivity contribution >= 4 is 0 Å². The molecule has 0 unspecified atom stereocenters. The zero-order valence-electron chi connectivity index (χ0n) is 22.4. The number of hydrogen-bond acceptors (Lipinski definition) is 2. The number of rotatable bonds is 7. The van der Waals surface area contributed by atoms with Crippen LogP contribution in [0.15, 0.2) is 23.3 Å². The molecule has 3 saturated carbocycles. The van der Waals surface area contributed by atoms with Gasteiger partial charge in [-0.05, 0) is 126 Å². The fourth-order valence-corrected chi connectivity index (χ4v) is 8.81. The van der Waals surface area contributed by atoms with Gasteiger partial charge >= 0.3 is 0 Å². The zero-order chi connectivity index (χ0) is 23.9. The van der Waals surface area contributed by atoms with Crippen LogP contribution < -0.4 is 0 Å². The number of fused-ring (bicyclic) bond motifs is 3. The maximum absolute atomic E-state index is 11.7. The molecule has 2 nitrogen and oxygen atoms in total. The Balaban J connectivity index is 1.69. The summed E-state index contributed by atoms with van der Waals surface area (Å²) in [6.07, 6.45) is 15.5. The van der Waals surface area contributed by atoms with E-state index in [-0.39, 0.29) is 16.9 Å². The topological polar surface area (TPSA) is 40.5 Å². The van der Waals surface area contributed by atoms with Crippen LogP contribution in [0.5, 0.6) is 0 Å². The highest BCUT2D eigenvalue weighted by Crippen LogP contribution is 2.71. The van der Waals surface area contributed by atoms with Crippen molar-refractivity contribution in [1.29, 1.82) is 0 Å². The van der Waals surface area contributed by atoms with Crippen molar-refractivity contribution in [3.05, 3.63) is 23.3 Å². The highest BCUT2D eigenvalue weighted by Gasteiger charge is 2.65. The predicted molar refractivity (Wildman–Crippen MR) is 136 cm³/mol. The van der Waals surface area contributed by atoms with Crippen LogP contribution in [0.1, 0.15) is 120 Å². The average molecular weight is 445 g/mol. The summed E-state index contributed by atoms with van der Waals surface area (Å²) in [4.78, 5) is 0. The molecular formula is C30H52O2. The first kappa shape index (κ1) is 26.0. The van der Waals surface area contributed by atoms with E-state index in [1.165, 1.54) is 30.4 Å². The smallest absolute Gasteiger partial charge is 0.0656 e. The van der Waals surface area contributed by atoms with E-state index in [4.69, 9.17) is 0 Å². The van der Waals surface area contributed by atoms with Crippen LogP contribution in [0, 0.1) is 34.0 Å². The molecule has 2 heteroatoms. The molecule has 0 aliphatic heterocycles. The molecular weight excluding hydrogens is 392 g/mol. The molecule has 3 fully saturated rings. The standard InChI is InChI=1S/C30H52O2/c1-21(2)11-9-12-22(3)13-10-18-30(8,32)25-15-14-24-28(6)20-17-26(31)27(4,5)23(28)16-19-29(24,25)7/h11,13,23-26,31-32H,9-10,12,14-20H2,1-8H3/b22-13+/t23-,24+,25+,26-,28-,29+,30+/m0/s1. The molecule has 2 N–H and O–H groups in total. The lowest BCUT2D eigenvalue weighted by Crippen LogP contribution is -2.59. The molecule has 0 aromatic rings. The van der Waals surface area contributed by atoms with Crippen LogP contribution in [-0.2, 0) is 0 Å². The number of allylic oxidation sites excluding steroid dienone is 4. The molecule has 0 aromatic heterocycles. The first-order valence-corrected chi connectivity index (χ1v) is 13.4. The van der Waals surface area contributed by atoms with Crippen molar-refractivity contribution in [2.75, 3.05) is 0 Å². The zero-order valence-corrected chi connectivity index (χ0v) is 22.4. The van der Waals surface area contributed by atoms with E-state index in [2.05, 4.69) is 67.5 Å². The Labute approximate surface area is 199 Å². The molecule has 32 heavy (non-hydrogen) atoms. The minimum atomic E-state index is -0.604. The van der Waals surface area contributed by atoms with Gasteiger partial charge in [-0.25, -0.2) is 0 Å². The van der Waals surface area contributed by atoms with Crippen LogP contribution in [0.3, 0.4) is 0 Å². The van der Waals surface area contributed by atoms with E-state index in [1.54, 1.807) is 0 Å². The summed E-state index contributed by atoms with van der Waals surface area (Å²) in [6, 6.07) is 0. The van der Waals surface area contributed by atoms with Crippen molar-refractivity contribution in [3.8, 4) is 0 Å². The highest BCUT2D eigenvalue weighted by molar-refractivity contribution is 5.15. The molecule has 0 aromatic carbocycles. The first-order valence-electron chi connectivity index (χ1n) is 13.4. The molecule has 184 valence electrons. The lowest BCUT2D eigenvalue weighted by Gasteiger charge is -2.63. The molecule has 0 bridgehead atoms. The summed E-state index contributed by atoms with van der Waals surface area (Å²) in [6.45, 7) is 18.3. The maximum Gasteiger partial charge on any atom is 0.0656 e. The van der Waals surface area contributed by atoms with Crippen molar-refractivity contribution in [3.63, 3.8) is 0 Å². The third-order valence-corrected chi connectivity index (χ3v) is 10.6. The van der Waals surface area contributed by atoms with Crippen LogP contribution in [0.25, 0.3) is 0 Å². The Bertz CT molecular complexity index is 725. The van der Waals surface area contributed by atoms with Crippen LogP contribution in [0.4, 0.5) is 0 Å². The van der Waals surface area contributed by atoms with Gasteiger partial charge in [-0.3, -0.25) is 0 Å². The second-order valence-corrected chi connectivity index (χ2v) is 13.4. The molecule has 0 saturated heterocycles. The second kappa shape index (κ2) is 9.21. The van der Waals surface area contributed by atoms with Crippen molar-refractivity contribution in [1.82, 2.24) is 0 Å². The predicted octanol–water partition coefficient (Wildman–Crippen LogP) is 7.84. The summed E-state index contributed by atoms with van der Waals surface area (Å²) >= 11 is 0.